The van der Waals surface area contributed by atoms with Gasteiger partial charge in [0.25, 0.3) is 0 Å². The van der Waals surface area contributed by atoms with Gasteiger partial charge >= 0.3 is 0 Å². The molecular weight excluding hydrogens is 304 g/mol. The maximum Gasteiger partial charge on any atom is 0.171 e. The van der Waals surface area contributed by atoms with Crippen LogP contribution in [0.3, 0.4) is 0 Å². The fourth-order valence-electron chi connectivity index (χ4n) is 5.27. The zero-order valence-electron chi connectivity index (χ0n) is 13.5. The average Bonchev–Trinajstić information content (AvgIpc) is 2.50. The summed E-state index contributed by atoms with van der Waals surface area (Å²) in [6, 6.07) is 8.08. The first kappa shape index (κ1) is 15.1. The van der Waals surface area contributed by atoms with Gasteiger partial charge in [-0.2, -0.15) is 0 Å². The van der Waals surface area contributed by atoms with Crippen LogP contribution in [0.5, 0.6) is 0 Å². The largest absolute Gasteiger partial charge is 0.359 e. The van der Waals surface area contributed by atoms with Gasteiger partial charge in [0, 0.05) is 17.3 Å². The maximum atomic E-state index is 11.3. The van der Waals surface area contributed by atoms with Gasteiger partial charge in [0.05, 0.1) is 0 Å². The summed E-state index contributed by atoms with van der Waals surface area (Å²) in [5.74, 6) is 3.68. The van der Waals surface area contributed by atoms with E-state index in [1.807, 2.05) is 24.3 Å². The van der Waals surface area contributed by atoms with E-state index in [9.17, 15) is 4.79 Å². The highest BCUT2D eigenvalue weighted by Crippen LogP contribution is 2.53. The lowest BCUT2D eigenvalue weighted by atomic mass is 9.54. The summed E-state index contributed by atoms with van der Waals surface area (Å²) in [7, 11) is 0. The Labute approximate surface area is 143 Å². The molecule has 1 aromatic carbocycles. The van der Waals surface area contributed by atoms with Crippen molar-refractivity contribution in [3.05, 3.63) is 29.8 Å². The highest BCUT2D eigenvalue weighted by atomic mass is 32.1. The standard InChI is InChI=1S/C19H24N2OS/c1-11(22)14-2-4-17(5-3-14)20-19(23)21-18-15-7-12-6-13(9-15)10-16(18)8-12/h2-5,12-13,15-16,18H,6-10H2,1H3,(H2,20,21,23). The number of rotatable bonds is 3. The molecule has 122 valence electrons. The number of hydrogen-bond acceptors (Lipinski definition) is 2. The number of thiocarbonyl (C=S) groups is 1. The number of nitrogens with one attached hydrogen (secondary N) is 2. The molecule has 5 rings (SSSR count). The Morgan fingerprint density at radius 2 is 1.57 bits per heavy atom. The Morgan fingerprint density at radius 3 is 2.09 bits per heavy atom. The Kier molecular flexibility index (Phi) is 3.88. The minimum atomic E-state index is 0.0887. The van der Waals surface area contributed by atoms with Crippen LogP contribution in [0.25, 0.3) is 0 Å². The van der Waals surface area contributed by atoms with E-state index in [1.54, 1.807) is 6.92 Å². The highest BCUT2D eigenvalue weighted by Gasteiger charge is 2.48. The molecule has 4 fully saturated rings. The monoisotopic (exact) mass is 328 g/mol. The normalized spacial score (nSPS) is 34.2. The molecule has 0 saturated heterocycles. The summed E-state index contributed by atoms with van der Waals surface area (Å²) in [4.78, 5) is 11.3. The van der Waals surface area contributed by atoms with Crippen molar-refractivity contribution >= 4 is 28.8 Å². The van der Waals surface area contributed by atoms with Crippen molar-refractivity contribution in [2.45, 2.75) is 45.1 Å². The van der Waals surface area contributed by atoms with Crippen LogP contribution in [0.1, 0.15) is 49.4 Å². The van der Waals surface area contributed by atoms with E-state index in [0.717, 1.165) is 40.0 Å². The molecule has 2 N–H and O–H groups in total. The first-order valence-electron chi connectivity index (χ1n) is 8.77. The number of carbonyl (C=O) groups is 1. The predicted molar refractivity (Wildman–Crippen MR) is 96.6 cm³/mol. The van der Waals surface area contributed by atoms with Crippen molar-refractivity contribution in [3.63, 3.8) is 0 Å². The van der Waals surface area contributed by atoms with E-state index < -0.39 is 0 Å². The number of anilines is 1. The van der Waals surface area contributed by atoms with Gasteiger partial charge in [-0.3, -0.25) is 4.79 Å². The third-order valence-electron chi connectivity index (χ3n) is 6.07. The molecule has 0 spiro atoms. The molecule has 4 aliphatic rings. The van der Waals surface area contributed by atoms with Gasteiger partial charge in [0.2, 0.25) is 0 Å². The van der Waals surface area contributed by atoms with Crippen LogP contribution in [-0.2, 0) is 0 Å². The summed E-state index contributed by atoms with van der Waals surface area (Å²) in [5, 5.41) is 7.60. The molecule has 4 aliphatic carbocycles. The fourth-order valence-corrected chi connectivity index (χ4v) is 5.52. The SMILES string of the molecule is CC(=O)c1ccc(NC(=S)NC2C3CC4CC(C3)CC2C4)cc1. The number of ketones is 1. The van der Waals surface area contributed by atoms with Crippen LogP contribution in [0.15, 0.2) is 24.3 Å². The Hall–Kier alpha value is -1.42. The molecule has 4 bridgehead atoms. The zero-order chi connectivity index (χ0) is 16.0. The third kappa shape index (κ3) is 3.01. The topological polar surface area (TPSA) is 41.1 Å². The maximum absolute atomic E-state index is 11.3. The fraction of sp³-hybridized carbons (Fsp3) is 0.579. The Morgan fingerprint density at radius 1 is 1.00 bits per heavy atom. The molecular formula is C19H24N2OS. The molecule has 23 heavy (non-hydrogen) atoms. The summed E-state index contributed by atoms with van der Waals surface area (Å²) in [6.07, 6.45) is 7.03. The first-order valence-corrected chi connectivity index (χ1v) is 9.18. The average molecular weight is 328 g/mol. The Bertz CT molecular complexity index is 597. The Balaban J connectivity index is 1.37. The van der Waals surface area contributed by atoms with Crippen LogP contribution in [0.4, 0.5) is 5.69 Å². The van der Waals surface area contributed by atoms with Crippen LogP contribution in [0, 0.1) is 23.7 Å². The lowest BCUT2D eigenvalue weighted by Gasteiger charge is -2.54. The van der Waals surface area contributed by atoms with Crippen molar-refractivity contribution in [2.24, 2.45) is 23.7 Å². The van der Waals surface area contributed by atoms with E-state index in [0.29, 0.717) is 6.04 Å². The van der Waals surface area contributed by atoms with Crippen LogP contribution in [0.2, 0.25) is 0 Å². The van der Waals surface area contributed by atoms with Crippen molar-refractivity contribution in [1.82, 2.24) is 5.32 Å². The van der Waals surface area contributed by atoms with E-state index in [1.165, 1.54) is 32.1 Å². The molecule has 0 atom stereocenters. The van der Waals surface area contributed by atoms with Gasteiger partial charge in [0.15, 0.2) is 10.9 Å². The summed E-state index contributed by atoms with van der Waals surface area (Å²) >= 11 is 5.53. The molecule has 0 amide bonds. The molecule has 0 heterocycles. The first-order chi connectivity index (χ1) is 11.1. The van der Waals surface area contributed by atoms with Crippen LogP contribution < -0.4 is 10.6 Å². The predicted octanol–water partition coefficient (Wildman–Crippen LogP) is 4.00. The van der Waals surface area contributed by atoms with Crippen LogP contribution in [-0.4, -0.2) is 16.9 Å². The van der Waals surface area contributed by atoms with Gasteiger partial charge in [-0.15, -0.1) is 0 Å². The second kappa shape index (κ2) is 5.90. The quantitative estimate of drug-likeness (QED) is 0.650. The second-order valence-corrected chi connectivity index (χ2v) is 8.10. The van der Waals surface area contributed by atoms with Gasteiger partial charge in [-0.1, -0.05) is 0 Å². The lowest BCUT2D eigenvalue weighted by Crippen LogP contribution is -2.56. The van der Waals surface area contributed by atoms with Crippen molar-refractivity contribution in [2.75, 3.05) is 5.32 Å². The number of Topliss-reactive ketones (excluding diaryl/α,β-unsaturated/α-hetero) is 1. The number of benzene rings is 1. The third-order valence-corrected chi connectivity index (χ3v) is 6.29. The van der Waals surface area contributed by atoms with E-state index in [2.05, 4.69) is 10.6 Å². The van der Waals surface area contributed by atoms with E-state index in [-0.39, 0.29) is 5.78 Å². The molecule has 4 heteroatoms. The lowest BCUT2D eigenvalue weighted by molar-refractivity contribution is -0.00665. The van der Waals surface area contributed by atoms with Crippen molar-refractivity contribution in [3.8, 4) is 0 Å². The molecule has 0 aromatic heterocycles. The van der Waals surface area contributed by atoms with Gasteiger partial charge < -0.3 is 10.6 Å². The molecule has 4 saturated carbocycles. The highest BCUT2D eigenvalue weighted by molar-refractivity contribution is 7.80. The smallest absolute Gasteiger partial charge is 0.171 e. The minimum Gasteiger partial charge on any atom is -0.359 e. The second-order valence-electron chi connectivity index (χ2n) is 7.69. The zero-order valence-corrected chi connectivity index (χ0v) is 14.4. The van der Waals surface area contributed by atoms with Gasteiger partial charge in [-0.25, -0.2) is 0 Å². The molecule has 1 aromatic rings. The molecule has 0 aliphatic heterocycles. The van der Waals surface area contributed by atoms with Gasteiger partial charge in [0.1, 0.15) is 0 Å². The minimum absolute atomic E-state index is 0.0887. The molecule has 0 radical (unpaired) electrons. The number of hydrogen-bond donors (Lipinski definition) is 2. The van der Waals surface area contributed by atoms with Crippen LogP contribution >= 0.6 is 12.2 Å². The van der Waals surface area contributed by atoms with Crippen molar-refractivity contribution in [1.29, 1.82) is 0 Å². The summed E-state index contributed by atoms with van der Waals surface area (Å²) < 4.78 is 0. The summed E-state index contributed by atoms with van der Waals surface area (Å²) in [5.41, 5.74) is 1.67. The molecule has 3 nitrogen and oxygen atoms in total. The van der Waals surface area contributed by atoms with E-state index in [4.69, 9.17) is 12.2 Å². The van der Waals surface area contributed by atoms with Crippen molar-refractivity contribution < 1.29 is 4.79 Å². The van der Waals surface area contributed by atoms with E-state index >= 15 is 0 Å². The number of carbonyl (C=O) groups excluding carboxylic acids is 1. The molecule has 0 unspecified atom stereocenters. The summed E-state index contributed by atoms with van der Waals surface area (Å²) in [6.45, 7) is 1.58. The van der Waals surface area contributed by atoms with Gasteiger partial charge in [-0.05, 0) is 99.2 Å².